The Balaban J connectivity index is 1.46. The number of ether oxygens (including phenoxy) is 1. The lowest BCUT2D eigenvalue weighted by Crippen LogP contribution is -2.38. The van der Waals surface area contributed by atoms with Gasteiger partial charge in [-0.3, -0.25) is 0 Å². The number of pyridine rings is 1. The van der Waals surface area contributed by atoms with E-state index in [1.54, 1.807) is 6.20 Å². The predicted octanol–water partition coefficient (Wildman–Crippen LogP) is 3.84. The molecule has 2 N–H and O–H groups in total. The molecule has 6 nitrogen and oxygen atoms in total. The Morgan fingerprint density at radius 3 is 2.63 bits per heavy atom. The summed E-state index contributed by atoms with van der Waals surface area (Å²) in [5.41, 5.74) is 1.79. The first-order valence-corrected chi connectivity index (χ1v) is 9.69. The van der Waals surface area contributed by atoms with Crippen LogP contribution in [0.4, 0.5) is 16.3 Å². The van der Waals surface area contributed by atoms with E-state index in [1.165, 1.54) is 0 Å². The van der Waals surface area contributed by atoms with Crippen LogP contribution in [0.15, 0.2) is 42.6 Å². The van der Waals surface area contributed by atoms with Crippen LogP contribution in [0.3, 0.4) is 0 Å². The lowest BCUT2D eigenvalue weighted by Gasteiger charge is -2.29. The minimum absolute atomic E-state index is 0.00854. The molecule has 1 aliphatic carbocycles. The SMILES string of the molecule is O=C(Nc1cccnc1N1CCOCC1)NC(c1ccc(Cl)cc1)C1CC1. The summed E-state index contributed by atoms with van der Waals surface area (Å²) in [7, 11) is 0. The van der Waals surface area contributed by atoms with Crippen LogP contribution in [0, 0.1) is 5.92 Å². The number of carbonyl (C=O) groups is 1. The topological polar surface area (TPSA) is 66.5 Å². The first kappa shape index (κ1) is 18.1. The van der Waals surface area contributed by atoms with Crippen molar-refractivity contribution in [2.75, 3.05) is 36.5 Å². The number of hydrogen-bond donors (Lipinski definition) is 2. The van der Waals surface area contributed by atoms with Crippen LogP contribution in [0.2, 0.25) is 5.02 Å². The number of benzene rings is 1. The first-order valence-electron chi connectivity index (χ1n) is 9.31. The molecule has 0 radical (unpaired) electrons. The van der Waals surface area contributed by atoms with Gasteiger partial charge in [0.25, 0.3) is 0 Å². The Morgan fingerprint density at radius 1 is 1.19 bits per heavy atom. The maximum atomic E-state index is 12.7. The molecule has 2 amide bonds. The maximum Gasteiger partial charge on any atom is 0.319 e. The van der Waals surface area contributed by atoms with Crippen LogP contribution >= 0.6 is 11.6 Å². The molecule has 1 aromatic carbocycles. The molecule has 2 heterocycles. The second-order valence-corrected chi connectivity index (χ2v) is 7.38. The van der Waals surface area contributed by atoms with E-state index in [9.17, 15) is 4.79 Å². The lowest BCUT2D eigenvalue weighted by atomic mass is 10.0. The fourth-order valence-electron chi connectivity index (χ4n) is 3.39. The Kier molecular flexibility index (Phi) is 5.45. The highest BCUT2D eigenvalue weighted by Crippen LogP contribution is 2.41. The van der Waals surface area contributed by atoms with Gasteiger partial charge in [-0.2, -0.15) is 0 Å². The molecule has 1 unspecified atom stereocenters. The van der Waals surface area contributed by atoms with Gasteiger partial charge >= 0.3 is 6.03 Å². The predicted molar refractivity (Wildman–Crippen MR) is 106 cm³/mol. The second kappa shape index (κ2) is 8.15. The molecule has 7 heteroatoms. The molecule has 142 valence electrons. The summed E-state index contributed by atoms with van der Waals surface area (Å²) in [5, 5.41) is 6.81. The van der Waals surface area contributed by atoms with Gasteiger partial charge in [0.2, 0.25) is 0 Å². The van der Waals surface area contributed by atoms with E-state index in [0.29, 0.717) is 29.8 Å². The van der Waals surface area contributed by atoms with Crippen molar-refractivity contribution in [1.29, 1.82) is 0 Å². The number of nitrogens with one attached hydrogen (secondary N) is 2. The van der Waals surface area contributed by atoms with Crippen LogP contribution in [0.1, 0.15) is 24.4 Å². The fourth-order valence-corrected chi connectivity index (χ4v) is 3.52. The second-order valence-electron chi connectivity index (χ2n) is 6.94. The third kappa shape index (κ3) is 4.51. The molecule has 2 aliphatic rings. The number of halogens is 1. The summed E-state index contributed by atoms with van der Waals surface area (Å²) in [5.74, 6) is 1.26. The number of nitrogens with zero attached hydrogens (tertiary/aromatic N) is 2. The minimum Gasteiger partial charge on any atom is -0.378 e. The standard InChI is InChI=1S/C20H23ClN4O2/c21-16-7-5-15(6-8-16)18(14-3-4-14)24-20(26)23-17-2-1-9-22-19(17)25-10-12-27-13-11-25/h1-2,5-9,14,18H,3-4,10-13H2,(H2,23,24,26). The van der Waals surface area contributed by atoms with Gasteiger partial charge < -0.3 is 20.3 Å². The zero-order chi connectivity index (χ0) is 18.6. The van der Waals surface area contributed by atoms with Gasteiger partial charge in [0.05, 0.1) is 24.9 Å². The van der Waals surface area contributed by atoms with Gasteiger partial charge in [0.1, 0.15) is 0 Å². The molecule has 1 atom stereocenters. The normalized spacial score (nSPS) is 18.0. The monoisotopic (exact) mass is 386 g/mol. The molecule has 0 bridgehead atoms. The lowest BCUT2D eigenvalue weighted by molar-refractivity contribution is 0.122. The molecule has 2 aromatic rings. The van der Waals surface area contributed by atoms with E-state index in [1.807, 2.05) is 36.4 Å². The van der Waals surface area contributed by atoms with E-state index < -0.39 is 0 Å². The van der Waals surface area contributed by atoms with E-state index in [0.717, 1.165) is 37.3 Å². The molecule has 0 spiro atoms. The van der Waals surface area contributed by atoms with Crippen molar-refractivity contribution >= 4 is 29.1 Å². The minimum atomic E-state index is -0.218. The molecule has 1 saturated heterocycles. The quantitative estimate of drug-likeness (QED) is 0.819. The summed E-state index contributed by atoms with van der Waals surface area (Å²) in [6.07, 6.45) is 3.99. The van der Waals surface area contributed by atoms with Crippen molar-refractivity contribution in [3.63, 3.8) is 0 Å². The van der Waals surface area contributed by atoms with Crippen LogP contribution in [-0.4, -0.2) is 37.3 Å². The van der Waals surface area contributed by atoms with Crippen molar-refractivity contribution in [3.8, 4) is 0 Å². The van der Waals surface area contributed by atoms with E-state index in [4.69, 9.17) is 16.3 Å². The summed E-state index contributed by atoms with van der Waals surface area (Å²) in [4.78, 5) is 19.3. The Labute approximate surface area is 163 Å². The highest BCUT2D eigenvalue weighted by Gasteiger charge is 2.33. The molecule has 2 fully saturated rings. The fraction of sp³-hybridized carbons (Fsp3) is 0.400. The summed E-state index contributed by atoms with van der Waals surface area (Å²) >= 11 is 6.00. The number of urea groups is 1. The highest BCUT2D eigenvalue weighted by molar-refractivity contribution is 6.30. The third-order valence-electron chi connectivity index (χ3n) is 4.95. The van der Waals surface area contributed by atoms with Crippen LogP contribution in [0.25, 0.3) is 0 Å². The molecular weight excluding hydrogens is 364 g/mol. The number of morpholine rings is 1. The molecule has 1 aromatic heterocycles. The van der Waals surface area contributed by atoms with Crippen molar-refractivity contribution in [1.82, 2.24) is 10.3 Å². The van der Waals surface area contributed by atoms with Crippen LogP contribution < -0.4 is 15.5 Å². The van der Waals surface area contributed by atoms with Crippen molar-refractivity contribution in [3.05, 3.63) is 53.2 Å². The molecular formula is C20H23ClN4O2. The highest BCUT2D eigenvalue weighted by atomic mass is 35.5. The van der Waals surface area contributed by atoms with E-state index in [2.05, 4.69) is 20.5 Å². The van der Waals surface area contributed by atoms with Crippen LogP contribution in [0.5, 0.6) is 0 Å². The van der Waals surface area contributed by atoms with E-state index >= 15 is 0 Å². The number of hydrogen-bond acceptors (Lipinski definition) is 4. The number of anilines is 2. The van der Waals surface area contributed by atoms with Gasteiger partial charge in [0, 0.05) is 24.3 Å². The number of aromatic nitrogens is 1. The van der Waals surface area contributed by atoms with E-state index in [-0.39, 0.29) is 12.1 Å². The average molecular weight is 387 g/mol. The van der Waals surface area contributed by atoms with Gasteiger partial charge in [-0.15, -0.1) is 0 Å². The number of amides is 2. The van der Waals surface area contributed by atoms with Crippen molar-refractivity contribution in [2.24, 2.45) is 5.92 Å². The zero-order valence-electron chi connectivity index (χ0n) is 15.0. The van der Waals surface area contributed by atoms with Gasteiger partial charge in [-0.25, -0.2) is 9.78 Å². The van der Waals surface area contributed by atoms with Crippen molar-refractivity contribution in [2.45, 2.75) is 18.9 Å². The number of rotatable bonds is 5. The van der Waals surface area contributed by atoms with Gasteiger partial charge in [-0.1, -0.05) is 23.7 Å². The summed E-state index contributed by atoms with van der Waals surface area (Å²) < 4.78 is 5.41. The first-order chi connectivity index (χ1) is 13.2. The van der Waals surface area contributed by atoms with Gasteiger partial charge in [-0.05, 0) is 48.6 Å². The summed E-state index contributed by atoms with van der Waals surface area (Å²) in [6.45, 7) is 2.87. The largest absolute Gasteiger partial charge is 0.378 e. The zero-order valence-corrected chi connectivity index (χ0v) is 15.8. The Hall–Kier alpha value is -2.31. The Morgan fingerprint density at radius 2 is 1.93 bits per heavy atom. The van der Waals surface area contributed by atoms with Crippen LogP contribution in [-0.2, 0) is 4.74 Å². The maximum absolute atomic E-state index is 12.7. The Bertz CT molecular complexity index is 789. The smallest absolute Gasteiger partial charge is 0.319 e. The molecule has 27 heavy (non-hydrogen) atoms. The average Bonchev–Trinajstić information content (AvgIpc) is 3.53. The van der Waals surface area contributed by atoms with Crippen molar-refractivity contribution < 1.29 is 9.53 Å². The third-order valence-corrected chi connectivity index (χ3v) is 5.21. The van der Waals surface area contributed by atoms with Gasteiger partial charge in [0.15, 0.2) is 5.82 Å². The molecule has 1 saturated carbocycles. The molecule has 4 rings (SSSR count). The summed E-state index contributed by atoms with van der Waals surface area (Å²) in [6, 6.07) is 11.2. The molecule has 1 aliphatic heterocycles. The number of carbonyl (C=O) groups excluding carboxylic acids is 1.